The second-order valence-electron chi connectivity index (χ2n) is 7.73. The molecule has 0 amide bonds. The van der Waals surface area contributed by atoms with Gasteiger partial charge in [0.1, 0.15) is 5.75 Å². The Balaban J connectivity index is 1.62. The zero-order valence-electron chi connectivity index (χ0n) is 18.5. The van der Waals surface area contributed by atoms with E-state index in [1.165, 1.54) is 23.2 Å². The number of carbonyl (C=O) groups is 1. The quantitative estimate of drug-likeness (QED) is 0.163. The third-order valence-electron chi connectivity index (χ3n) is 5.24. The smallest absolute Gasteiger partial charge is 0.379 e. The molecule has 172 valence electrons. The maximum absolute atomic E-state index is 13.4. The summed E-state index contributed by atoms with van der Waals surface area (Å²) in [5.74, 6) is 0.0967. The van der Waals surface area contributed by atoms with Crippen molar-refractivity contribution in [3.8, 4) is 17.1 Å². The molecule has 5 rings (SSSR count). The lowest BCUT2D eigenvalue weighted by Crippen LogP contribution is -2.20. The minimum Gasteiger partial charge on any atom is -0.457 e. The number of carbonyl (C=O) groups excluding carboxylic acids is 1. The third-order valence-corrected chi connectivity index (χ3v) is 5.73. The fourth-order valence-electron chi connectivity index (χ4n) is 3.58. The maximum Gasteiger partial charge on any atom is 0.379 e. The summed E-state index contributed by atoms with van der Waals surface area (Å²) in [6, 6.07) is 23.1. The van der Waals surface area contributed by atoms with Crippen molar-refractivity contribution >= 4 is 39.0 Å². The van der Waals surface area contributed by atoms with E-state index in [-0.39, 0.29) is 17.1 Å². The van der Waals surface area contributed by atoms with Crippen molar-refractivity contribution < 1.29 is 13.9 Å². The number of esters is 1. The predicted octanol–water partition coefficient (Wildman–Crippen LogP) is 5.83. The van der Waals surface area contributed by atoms with Crippen LogP contribution in [0.4, 0.5) is 0 Å². The van der Waals surface area contributed by atoms with Gasteiger partial charge >= 0.3 is 5.97 Å². The van der Waals surface area contributed by atoms with Gasteiger partial charge in [0.15, 0.2) is 5.82 Å². The zero-order valence-corrected chi connectivity index (χ0v) is 20.1. The highest BCUT2D eigenvalue weighted by molar-refractivity contribution is 9.10. The molecule has 0 fully saturated rings. The molecule has 0 bridgehead atoms. The Labute approximate surface area is 208 Å². The Hall–Kier alpha value is -4.30. The van der Waals surface area contributed by atoms with Crippen molar-refractivity contribution in [2.45, 2.75) is 6.92 Å². The largest absolute Gasteiger partial charge is 0.457 e. The van der Waals surface area contributed by atoms with Crippen LogP contribution in [0.3, 0.4) is 0 Å². The molecule has 0 N–H and O–H groups in total. The Kier molecular flexibility index (Phi) is 6.12. The molecule has 5 aromatic rings. The standard InChI is InChI=1S/C27H18BrN3O4/c1-17-6-4-7-18(14-17)25-30-22-9-3-2-8-21(22)26(32)31(25)29-16-19-15-20(28)11-12-23(19)35-27(33)24-10-5-13-34-24/h2-16H,1H3. The number of para-hydroxylation sites is 1. The van der Waals surface area contributed by atoms with Crippen LogP contribution in [0.5, 0.6) is 5.75 Å². The monoisotopic (exact) mass is 527 g/mol. The highest BCUT2D eigenvalue weighted by Crippen LogP contribution is 2.24. The second kappa shape index (κ2) is 9.52. The van der Waals surface area contributed by atoms with Crippen LogP contribution < -0.4 is 10.3 Å². The van der Waals surface area contributed by atoms with Crippen molar-refractivity contribution in [1.82, 2.24) is 9.66 Å². The first-order valence-electron chi connectivity index (χ1n) is 10.7. The van der Waals surface area contributed by atoms with Gasteiger partial charge in [-0.1, -0.05) is 51.8 Å². The molecule has 0 aliphatic rings. The van der Waals surface area contributed by atoms with Gasteiger partial charge in [0.2, 0.25) is 5.76 Å². The summed E-state index contributed by atoms with van der Waals surface area (Å²) < 4.78 is 12.6. The van der Waals surface area contributed by atoms with E-state index in [0.29, 0.717) is 22.3 Å². The number of rotatable bonds is 5. The summed E-state index contributed by atoms with van der Waals surface area (Å²) in [4.78, 5) is 30.6. The van der Waals surface area contributed by atoms with Gasteiger partial charge in [-0.15, -0.1) is 0 Å². The van der Waals surface area contributed by atoms with Gasteiger partial charge in [-0.3, -0.25) is 4.79 Å². The molecule has 2 heterocycles. The molecule has 0 unspecified atom stereocenters. The number of nitrogens with zero attached hydrogens (tertiary/aromatic N) is 3. The van der Waals surface area contributed by atoms with Crippen molar-refractivity contribution in [1.29, 1.82) is 0 Å². The number of aryl methyl sites for hydroxylation is 1. The van der Waals surface area contributed by atoms with Crippen LogP contribution in [0.1, 0.15) is 21.7 Å². The number of halogens is 1. The highest BCUT2D eigenvalue weighted by atomic mass is 79.9. The third kappa shape index (κ3) is 4.69. The first-order valence-corrected chi connectivity index (χ1v) is 11.5. The number of fused-ring (bicyclic) bond motifs is 1. The lowest BCUT2D eigenvalue weighted by molar-refractivity contribution is 0.0701. The van der Waals surface area contributed by atoms with Crippen molar-refractivity contribution in [2.75, 3.05) is 0 Å². The average Bonchev–Trinajstić information content (AvgIpc) is 3.40. The van der Waals surface area contributed by atoms with Gasteiger partial charge in [-0.05, 0) is 55.5 Å². The molecule has 0 spiro atoms. The number of hydrogen-bond donors (Lipinski definition) is 0. The predicted molar refractivity (Wildman–Crippen MR) is 137 cm³/mol. The molecule has 8 heteroatoms. The van der Waals surface area contributed by atoms with Gasteiger partial charge in [-0.2, -0.15) is 9.78 Å². The summed E-state index contributed by atoms with van der Waals surface area (Å²) in [6.45, 7) is 1.97. The van der Waals surface area contributed by atoms with Gasteiger partial charge in [0.25, 0.3) is 5.56 Å². The molecule has 0 atom stereocenters. The molecular formula is C27H18BrN3O4. The Morgan fingerprint density at radius 1 is 1.06 bits per heavy atom. The Bertz CT molecular complexity index is 1640. The number of ether oxygens (including phenoxy) is 1. The van der Waals surface area contributed by atoms with Crippen LogP contribution >= 0.6 is 15.9 Å². The van der Waals surface area contributed by atoms with E-state index in [4.69, 9.17) is 14.1 Å². The second-order valence-corrected chi connectivity index (χ2v) is 8.65. The van der Waals surface area contributed by atoms with Crippen molar-refractivity contribution in [3.05, 3.63) is 117 Å². The van der Waals surface area contributed by atoms with Gasteiger partial charge in [0.05, 0.1) is 23.4 Å². The topological polar surface area (TPSA) is 86.7 Å². The molecule has 0 aliphatic carbocycles. The lowest BCUT2D eigenvalue weighted by Gasteiger charge is -2.11. The van der Waals surface area contributed by atoms with Gasteiger partial charge in [0, 0.05) is 15.6 Å². The van der Waals surface area contributed by atoms with E-state index < -0.39 is 5.97 Å². The maximum atomic E-state index is 13.4. The zero-order chi connectivity index (χ0) is 24.4. The van der Waals surface area contributed by atoms with E-state index in [1.807, 2.05) is 37.3 Å². The molecule has 7 nitrogen and oxygen atoms in total. The van der Waals surface area contributed by atoms with E-state index in [9.17, 15) is 9.59 Å². The fraction of sp³-hybridized carbons (Fsp3) is 0.0370. The molecule has 2 aromatic heterocycles. The molecular weight excluding hydrogens is 510 g/mol. The fourth-order valence-corrected chi connectivity index (χ4v) is 3.96. The average molecular weight is 528 g/mol. The number of hydrogen-bond acceptors (Lipinski definition) is 6. The van der Waals surface area contributed by atoms with Gasteiger partial charge in [-0.25, -0.2) is 9.78 Å². The molecule has 0 saturated carbocycles. The first kappa shape index (κ1) is 22.5. The summed E-state index contributed by atoms with van der Waals surface area (Å²) >= 11 is 3.43. The van der Waals surface area contributed by atoms with E-state index in [1.54, 1.807) is 42.5 Å². The summed E-state index contributed by atoms with van der Waals surface area (Å²) in [7, 11) is 0. The van der Waals surface area contributed by atoms with Crippen LogP contribution in [0, 0.1) is 6.92 Å². The van der Waals surface area contributed by atoms with Crippen molar-refractivity contribution in [3.63, 3.8) is 0 Å². The summed E-state index contributed by atoms with van der Waals surface area (Å²) in [5.41, 5.74) is 2.53. The Morgan fingerprint density at radius 2 is 1.91 bits per heavy atom. The summed E-state index contributed by atoms with van der Waals surface area (Å²) in [5, 5.41) is 4.93. The van der Waals surface area contributed by atoms with E-state index in [2.05, 4.69) is 21.0 Å². The number of benzene rings is 3. The van der Waals surface area contributed by atoms with Crippen LogP contribution in [0.15, 0.2) is 104 Å². The Morgan fingerprint density at radius 3 is 2.71 bits per heavy atom. The van der Waals surface area contributed by atoms with Crippen molar-refractivity contribution in [2.24, 2.45) is 5.10 Å². The molecule has 0 radical (unpaired) electrons. The number of aromatic nitrogens is 2. The minimum atomic E-state index is -0.642. The number of furan rings is 1. The van der Waals surface area contributed by atoms with E-state index >= 15 is 0 Å². The lowest BCUT2D eigenvalue weighted by atomic mass is 10.1. The summed E-state index contributed by atoms with van der Waals surface area (Å²) in [6.07, 6.45) is 2.86. The van der Waals surface area contributed by atoms with Crippen LogP contribution in [-0.2, 0) is 0 Å². The molecule has 0 aliphatic heterocycles. The highest BCUT2D eigenvalue weighted by Gasteiger charge is 2.15. The molecule has 3 aromatic carbocycles. The SMILES string of the molecule is Cc1cccc(-c2nc3ccccc3c(=O)n2N=Cc2cc(Br)ccc2OC(=O)c2ccco2)c1. The van der Waals surface area contributed by atoms with Crippen LogP contribution in [0.25, 0.3) is 22.3 Å². The normalized spacial score (nSPS) is 11.3. The minimum absolute atomic E-state index is 0.0764. The molecule has 35 heavy (non-hydrogen) atoms. The first-order chi connectivity index (χ1) is 17.0. The van der Waals surface area contributed by atoms with Crippen LogP contribution in [-0.4, -0.2) is 21.8 Å². The van der Waals surface area contributed by atoms with Gasteiger partial charge < -0.3 is 9.15 Å². The molecule has 0 saturated heterocycles. The van der Waals surface area contributed by atoms with E-state index in [0.717, 1.165) is 15.6 Å². The van der Waals surface area contributed by atoms with Crippen LogP contribution in [0.2, 0.25) is 0 Å².